The lowest BCUT2D eigenvalue weighted by atomic mass is 10.3. The first-order chi connectivity index (χ1) is 10.6. The highest BCUT2D eigenvalue weighted by molar-refractivity contribution is 9.11. The van der Waals surface area contributed by atoms with Crippen LogP contribution in [-0.2, 0) is 11.3 Å². The van der Waals surface area contributed by atoms with E-state index in [1.807, 2.05) is 43.4 Å². The van der Waals surface area contributed by atoms with E-state index in [-0.39, 0.29) is 5.91 Å². The van der Waals surface area contributed by atoms with Gasteiger partial charge in [-0.05, 0) is 52.3 Å². The maximum Gasteiger partial charge on any atom is 0.223 e. The number of carbonyl (C=O) groups is 1. The fourth-order valence-electron chi connectivity index (χ4n) is 1.88. The first kappa shape index (κ1) is 17.4. The Morgan fingerprint density at radius 1 is 1.27 bits per heavy atom. The summed E-state index contributed by atoms with van der Waals surface area (Å²) in [6, 6.07) is 12.0. The standard InChI is InChI=1S/C16H18BrNO2S2/c1-18(11-14-7-8-15(17)22-14)16(19)9-10-21-13-5-3-12(20-2)4-6-13/h3-8H,9-11H2,1-2H3. The average Bonchev–Trinajstić information content (AvgIpc) is 2.93. The molecule has 118 valence electrons. The summed E-state index contributed by atoms with van der Waals surface area (Å²) in [4.78, 5) is 16.3. The van der Waals surface area contributed by atoms with Crippen molar-refractivity contribution in [3.8, 4) is 5.75 Å². The van der Waals surface area contributed by atoms with E-state index < -0.39 is 0 Å². The molecule has 22 heavy (non-hydrogen) atoms. The first-order valence-corrected chi connectivity index (χ1v) is 9.43. The van der Waals surface area contributed by atoms with E-state index in [1.54, 1.807) is 35.1 Å². The van der Waals surface area contributed by atoms with E-state index in [4.69, 9.17) is 4.74 Å². The number of amides is 1. The lowest BCUT2D eigenvalue weighted by molar-refractivity contribution is -0.129. The van der Waals surface area contributed by atoms with Crippen molar-refractivity contribution in [1.29, 1.82) is 0 Å². The van der Waals surface area contributed by atoms with Crippen LogP contribution in [0.15, 0.2) is 45.1 Å². The van der Waals surface area contributed by atoms with Crippen molar-refractivity contribution in [2.24, 2.45) is 0 Å². The second kappa shape index (κ2) is 8.60. The topological polar surface area (TPSA) is 29.5 Å². The smallest absolute Gasteiger partial charge is 0.223 e. The number of halogens is 1. The normalized spacial score (nSPS) is 10.5. The molecule has 0 aliphatic rings. The van der Waals surface area contributed by atoms with Gasteiger partial charge < -0.3 is 9.64 Å². The zero-order valence-electron chi connectivity index (χ0n) is 12.5. The lowest BCUT2D eigenvalue weighted by Crippen LogP contribution is -2.25. The van der Waals surface area contributed by atoms with Gasteiger partial charge in [0.25, 0.3) is 0 Å². The number of methoxy groups -OCH3 is 1. The zero-order valence-corrected chi connectivity index (χ0v) is 15.8. The van der Waals surface area contributed by atoms with E-state index in [1.165, 1.54) is 4.88 Å². The summed E-state index contributed by atoms with van der Waals surface area (Å²) in [5, 5.41) is 0. The Bertz CT molecular complexity index is 613. The van der Waals surface area contributed by atoms with Crippen LogP contribution in [0.25, 0.3) is 0 Å². The third-order valence-corrected chi connectivity index (χ3v) is 5.71. The molecule has 1 aromatic heterocycles. The number of benzene rings is 1. The van der Waals surface area contributed by atoms with Crippen molar-refractivity contribution in [2.45, 2.75) is 17.9 Å². The highest BCUT2D eigenvalue weighted by atomic mass is 79.9. The van der Waals surface area contributed by atoms with Gasteiger partial charge >= 0.3 is 0 Å². The molecule has 0 fully saturated rings. The third kappa shape index (κ3) is 5.34. The summed E-state index contributed by atoms with van der Waals surface area (Å²) >= 11 is 6.79. The van der Waals surface area contributed by atoms with Crippen LogP contribution < -0.4 is 4.74 Å². The summed E-state index contributed by atoms with van der Waals surface area (Å²) in [5.74, 6) is 1.80. The predicted molar refractivity (Wildman–Crippen MR) is 96.8 cm³/mol. The van der Waals surface area contributed by atoms with Crippen LogP contribution in [0.3, 0.4) is 0 Å². The molecule has 1 aromatic carbocycles. The monoisotopic (exact) mass is 399 g/mol. The van der Waals surface area contributed by atoms with Crippen molar-refractivity contribution in [2.75, 3.05) is 19.9 Å². The number of hydrogen-bond donors (Lipinski definition) is 0. The number of thioether (sulfide) groups is 1. The minimum absolute atomic E-state index is 0.172. The second-order valence-corrected chi connectivity index (χ2v) is 8.45. The SMILES string of the molecule is COc1ccc(SCCC(=O)N(C)Cc2ccc(Br)s2)cc1. The number of carbonyl (C=O) groups excluding carboxylic acids is 1. The van der Waals surface area contributed by atoms with Gasteiger partial charge in [-0.1, -0.05) is 0 Å². The Labute approximate surface area is 147 Å². The Morgan fingerprint density at radius 3 is 2.59 bits per heavy atom. The van der Waals surface area contributed by atoms with Gasteiger partial charge in [-0.2, -0.15) is 0 Å². The quantitative estimate of drug-likeness (QED) is 0.633. The van der Waals surface area contributed by atoms with Crippen molar-refractivity contribution < 1.29 is 9.53 Å². The number of ether oxygens (including phenoxy) is 1. The van der Waals surface area contributed by atoms with Gasteiger partial charge in [-0.25, -0.2) is 0 Å². The zero-order chi connectivity index (χ0) is 15.9. The van der Waals surface area contributed by atoms with Crippen molar-refractivity contribution in [3.05, 3.63) is 45.1 Å². The maximum absolute atomic E-state index is 12.1. The molecular weight excluding hydrogens is 382 g/mol. The molecule has 2 rings (SSSR count). The van der Waals surface area contributed by atoms with Crippen molar-refractivity contribution >= 4 is 44.9 Å². The summed E-state index contributed by atoms with van der Waals surface area (Å²) < 4.78 is 6.22. The van der Waals surface area contributed by atoms with Gasteiger partial charge in [0.2, 0.25) is 5.91 Å². The van der Waals surface area contributed by atoms with Crippen LogP contribution in [-0.4, -0.2) is 30.7 Å². The van der Waals surface area contributed by atoms with E-state index in [2.05, 4.69) is 15.9 Å². The van der Waals surface area contributed by atoms with Gasteiger partial charge in [-0.15, -0.1) is 23.1 Å². The van der Waals surface area contributed by atoms with Gasteiger partial charge in [0, 0.05) is 29.0 Å². The number of rotatable bonds is 7. The summed E-state index contributed by atoms with van der Waals surface area (Å²) in [7, 11) is 3.51. The highest BCUT2D eigenvalue weighted by Crippen LogP contribution is 2.24. The Morgan fingerprint density at radius 2 is 2.00 bits per heavy atom. The molecule has 0 radical (unpaired) electrons. The van der Waals surface area contributed by atoms with Crippen LogP contribution in [0.2, 0.25) is 0 Å². The summed E-state index contributed by atoms with van der Waals surface area (Å²) in [6.45, 7) is 0.669. The summed E-state index contributed by atoms with van der Waals surface area (Å²) in [5.41, 5.74) is 0. The molecular formula is C16H18BrNO2S2. The maximum atomic E-state index is 12.1. The fourth-order valence-corrected chi connectivity index (χ4v) is 4.26. The molecule has 0 bridgehead atoms. The molecule has 2 aromatic rings. The third-order valence-electron chi connectivity index (χ3n) is 3.09. The molecule has 0 saturated carbocycles. The fraction of sp³-hybridized carbons (Fsp3) is 0.312. The second-order valence-electron chi connectivity index (χ2n) is 4.73. The molecule has 0 N–H and O–H groups in total. The average molecular weight is 400 g/mol. The number of nitrogens with zero attached hydrogens (tertiary/aromatic N) is 1. The minimum Gasteiger partial charge on any atom is -0.497 e. The Kier molecular flexibility index (Phi) is 6.79. The molecule has 0 saturated heterocycles. The predicted octanol–water partition coefficient (Wildman–Crippen LogP) is 4.66. The van der Waals surface area contributed by atoms with Crippen molar-refractivity contribution in [1.82, 2.24) is 4.90 Å². The molecule has 0 unspecified atom stereocenters. The van der Waals surface area contributed by atoms with Crippen LogP contribution in [0.5, 0.6) is 5.75 Å². The largest absolute Gasteiger partial charge is 0.497 e. The van der Waals surface area contributed by atoms with Crippen LogP contribution in [0.4, 0.5) is 0 Å². The van der Waals surface area contributed by atoms with Crippen LogP contribution in [0.1, 0.15) is 11.3 Å². The van der Waals surface area contributed by atoms with Gasteiger partial charge in [0.05, 0.1) is 17.4 Å². The number of hydrogen-bond acceptors (Lipinski definition) is 4. The molecule has 0 atom stereocenters. The van der Waals surface area contributed by atoms with E-state index in [0.717, 1.165) is 20.2 Å². The Balaban J connectivity index is 1.74. The molecule has 1 amide bonds. The number of thiophene rings is 1. The molecule has 3 nitrogen and oxygen atoms in total. The van der Waals surface area contributed by atoms with Crippen LogP contribution in [0, 0.1) is 0 Å². The van der Waals surface area contributed by atoms with E-state index in [0.29, 0.717) is 13.0 Å². The lowest BCUT2D eigenvalue weighted by Gasteiger charge is -2.16. The van der Waals surface area contributed by atoms with E-state index in [9.17, 15) is 4.79 Å². The summed E-state index contributed by atoms with van der Waals surface area (Å²) in [6.07, 6.45) is 0.541. The molecule has 6 heteroatoms. The Hall–Kier alpha value is -0.980. The molecule has 0 aliphatic carbocycles. The highest BCUT2D eigenvalue weighted by Gasteiger charge is 2.10. The van der Waals surface area contributed by atoms with Gasteiger partial charge in [0.15, 0.2) is 0 Å². The van der Waals surface area contributed by atoms with Gasteiger partial charge in [0.1, 0.15) is 5.75 Å². The van der Waals surface area contributed by atoms with E-state index >= 15 is 0 Å². The minimum atomic E-state index is 0.172. The molecule has 0 aliphatic heterocycles. The van der Waals surface area contributed by atoms with Crippen molar-refractivity contribution in [3.63, 3.8) is 0 Å². The molecule has 0 spiro atoms. The molecule has 1 heterocycles. The van der Waals surface area contributed by atoms with Crippen LogP contribution >= 0.6 is 39.0 Å². The first-order valence-electron chi connectivity index (χ1n) is 6.83. The van der Waals surface area contributed by atoms with Gasteiger partial charge in [-0.3, -0.25) is 4.79 Å².